The van der Waals surface area contributed by atoms with E-state index in [0.29, 0.717) is 11.6 Å². The van der Waals surface area contributed by atoms with E-state index in [2.05, 4.69) is 21.2 Å². The summed E-state index contributed by atoms with van der Waals surface area (Å²) < 4.78 is 0.892. The van der Waals surface area contributed by atoms with Crippen LogP contribution in [0.15, 0.2) is 46.9 Å². The molecule has 0 aliphatic heterocycles. The molecule has 94 valence electrons. The zero-order chi connectivity index (χ0) is 13.0. The minimum atomic E-state index is 0.0320. The average Bonchev–Trinajstić information content (AvgIpc) is 2.40. The van der Waals surface area contributed by atoms with Gasteiger partial charge >= 0.3 is 0 Å². The maximum Gasteiger partial charge on any atom is 0.0701 e. The predicted molar refractivity (Wildman–Crippen MR) is 78.8 cm³/mol. The van der Waals surface area contributed by atoms with Gasteiger partial charge in [0.15, 0.2) is 0 Å². The maximum absolute atomic E-state index is 9.23. The molecule has 0 bridgehead atoms. The molecule has 0 amide bonds. The van der Waals surface area contributed by atoms with Gasteiger partial charge in [0, 0.05) is 22.3 Å². The van der Waals surface area contributed by atoms with Crippen molar-refractivity contribution in [2.75, 3.05) is 5.32 Å². The second-order valence-corrected chi connectivity index (χ2v) is 5.18. The van der Waals surface area contributed by atoms with Crippen LogP contribution in [0.1, 0.15) is 11.1 Å². The second kappa shape index (κ2) is 6.23. The van der Waals surface area contributed by atoms with Crippen molar-refractivity contribution in [1.29, 1.82) is 0 Å². The Morgan fingerprint density at radius 1 is 1.17 bits per heavy atom. The van der Waals surface area contributed by atoms with E-state index in [4.69, 9.17) is 11.6 Å². The van der Waals surface area contributed by atoms with E-state index < -0.39 is 0 Å². The van der Waals surface area contributed by atoms with Gasteiger partial charge in [-0.25, -0.2) is 0 Å². The van der Waals surface area contributed by atoms with Crippen LogP contribution >= 0.6 is 27.5 Å². The van der Waals surface area contributed by atoms with Gasteiger partial charge in [-0.15, -0.1) is 0 Å². The van der Waals surface area contributed by atoms with Crippen LogP contribution in [0.3, 0.4) is 0 Å². The number of rotatable bonds is 4. The summed E-state index contributed by atoms with van der Waals surface area (Å²) in [5.41, 5.74) is 2.93. The molecule has 2 aromatic carbocycles. The SMILES string of the molecule is OCc1ccccc1NCc1ccc(Br)c(Cl)c1. The van der Waals surface area contributed by atoms with Crippen LogP contribution in [0.5, 0.6) is 0 Å². The van der Waals surface area contributed by atoms with Gasteiger partial charge in [0.2, 0.25) is 0 Å². The van der Waals surface area contributed by atoms with Crippen molar-refractivity contribution >= 4 is 33.2 Å². The Balaban J connectivity index is 2.09. The fraction of sp³-hybridized carbons (Fsp3) is 0.143. The first-order valence-corrected chi connectivity index (χ1v) is 6.74. The van der Waals surface area contributed by atoms with Gasteiger partial charge in [-0.2, -0.15) is 0 Å². The van der Waals surface area contributed by atoms with Crippen molar-refractivity contribution in [1.82, 2.24) is 0 Å². The van der Waals surface area contributed by atoms with E-state index in [1.807, 2.05) is 42.5 Å². The van der Waals surface area contributed by atoms with Gasteiger partial charge in [0.05, 0.1) is 11.6 Å². The third-order valence-corrected chi connectivity index (χ3v) is 3.89. The summed E-state index contributed by atoms with van der Waals surface area (Å²) in [4.78, 5) is 0. The topological polar surface area (TPSA) is 32.3 Å². The Morgan fingerprint density at radius 3 is 2.67 bits per heavy atom. The largest absolute Gasteiger partial charge is 0.392 e. The number of nitrogens with one attached hydrogen (secondary N) is 1. The molecule has 4 heteroatoms. The summed E-state index contributed by atoms with van der Waals surface area (Å²) in [6.07, 6.45) is 0. The Kier molecular flexibility index (Phi) is 4.64. The molecule has 0 atom stereocenters. The summed E-state index contributed by atoms with van der Waals surface area (Å²) in [6.45, 7) is 0.703. The van der Waals surface area contributed by atoms with Crippen molar-refractivity contribution in [2.45, 2.75) is 13.2 Å². The zero-order valence-electron chi connectivity index (χ0n) is 9.66. The lowest BCUT2D eigenvalue weighted by Gasteiger charge is -2.11. The van der Waals surface area contributed by atoms with Crippen LogP contribution in [0, 0.1) is 0 Å². The maximum atomic E-state index is 9.23. The van der Waals surface area contributed by atoms with Gasteiger partial charge in [0.25, 0.3) is 0 Å². The van der Waals surface area contributed by atoms with E-state index in [1.54, 1.807) is 0 Å². The highest BCUT2D eigenvalue weighted by Gasteiger charge is 2.02. The van der Waals surface area contributed by atoms with Gasteiger partial charge in [-0.3, -0.25) is 0 Å². The molecule has 0 radical (unpaired) electrons. The molecule has 0 heterocycles. The molecule has 2 N–H and O–H groups in total. The summed E-state index contributed by atoms with van der Waals surface area (Å²) in [6, 6.07) is 13.5. The number of aliphatic hydroxyl groups is 1. The quantitative estimate of drug-likeness (QED) is 0.882. The molecular formula is C14H13BrClNO. The highest BCUT2D eigenvalue weighted by atomic mass is 79.9. The molecule has 0 fully saturated rings. The second-order valence-electron chi connectivity index (χ2n) is 3.92. The standard InChI is InChI=1S/C14H13BrClNO/c15-12-6-5-10(7-13(12)16)8-17-14-4-2-1-3-11(14)9-18/h1-7,17-18H,8-9H2. The highest BCUT2D eigenvalue weighted by molar-refractivity contribution is 9.10. The van der Waals surface area contributed by atoms with Crippen LogP contribution in [-0.2, 0) is 13.2 Å². The first kappa shape index (κ1) is 13.4. The Morgan fingerprint density at radius 2 is 1.94 bits per heavy atom. The Hall–Kier alpha value is -1.03. The van der Waals surface area contributed by atoms with E-state index >= 15 is 0 Å². The van der Waals surface area contributed by atoms with E-state index in [-0.39, 0.29) is 6.61 Å². The molecular weight excluding hydrogens is 314 g/mol. The molecule has 0 aliphatic carbocycles. The normalized spacial score (nSPS) is 10.4. The lowest BCUT2D eigenvalue weighted by Crippen LogP contribution is -2.02. The molecule has 0 saturated heterocycles. The number of anilines is 1. The molecule has 0 saturated carbocycles. The van der Waals surface area contributed by atoms with E-state index in [1.165, 1.54) is 0 Å². The lowest BCUT2D eigenvalue weighted by molar-refractivity contribution is 0.282. The fourth-order valence-electron chi connectivity index (χ4n) is 1.68. The monoisotopic (exact) mass is 325 g/mol. The van der Waals surface area contributed by atoms with Gasteiger partial charge in [-0.1, -0.05) is 35.9 Å². The first-order chi connectivity index (χ1) is 8.70. The molecule has 0 unspecified atom stereocenters. The molecule has 2 rings (SSSR count). The van der Waals surface area contributed by atoms with E-state index in [9.17, 15) is 5.11 Å². The third-order valence-electron chi connectivity index (χ3n) is 2.65. The number of halogens is 2. The summed E-state index contributed by atoms with van der Waals surface area (Å²) >= 11 is 9.40. The van der Waals surface area contributed by atoms with E-state index in [0.717, 1.165) is 21.3 Å². The molecule has 0 spiro atoms. The molecule has 0 aromatic heterocycles. The fourth-order valence-corrected chi connectivity index (χ4v) is 2.13. The Labute approximate surface area is 120 Å². The number of para-hydroxylation sites is 1. The summed E-state index contributed by atoms with van der Waals surface area (Å²) in [7, 11) is 0. The number of hydrogen-bond acceptors (Lipinski definition) is 2. The van der Waals surface area contributed by atoms with Gasteiger partial charge < -0.3 is 10.4 Å². The predicted octanol–water partition coefficient (Wildman–Crippen LogP) is 4.21. The molecule has 0 aliphatic rings. The van der Waals surface area contributed by atoms with Gasteiger partial charge in [-0.05, 0) is 39.7 Å². The molecule has 2 nitrogen and oxygen atoms in total. The first-order valence-electron chi connectivity index (χ1n) is 5.57. The van der Waals surface area contributed by atoms with Crippen LogP contribution in [0.2, 0.25) is 5.02 Å². The average molecular weight is 327 g/mol. The minimum Gasteiger partial charge on any atom is -0.392 e. The van der Waals surface area contributed by atoms with Crippen molar-refractivity contribution in [3.8, 4) is 0 Å². The Bertz CT molecular complexity index is 545. The minimum absolute atomic E-state index is 0.0320. The number of hydrogen-bond donors (Lipinski definition) is 2. The zero-order valence-corrected chi connectivity index (χ0v) is 12.0. The van der Waals surface area contributed by atoms with Crippen molar-refractivity contribution < 1.29 is 5.11 Å². The summed E-state index contributed by atoms with van der Waals surface area (Å²) in [5, 5.41) is 13.2. The van der Waals surface area contributed by atoms with Crippen LogP contribution in [0.25, 0.3) is 0 Å². The number of aliphatic hydroxyl groups excluding tert-OH is 1. The lowest BCUT2D eigenvalue weighted by atomic mass is 10.1. The van der Waals surface area contributed by atoms with Gasteiger partial charge in [0.1, 0.15) is 0 Å². The molecule has 2 aromatic rings. The van der Waals surface area contributed by atoms with Crippen LogP contribution in [-0.4, -0.2) is 5.11 Å². The van der Waals surface area contributed by atoms with Crippen molar-refractivity contribution in [3.05, 3.63) is 63.1 Å². The smallest absolute Gasteiger partial charge is 0.0701 e. The third kappa shape index (κ3) is 3.25. The highest BCUT2D eigenvalue weighted by Crippen LogP contribution is 2.24. The molecule has 18 heavy (non-hydrogen) atoms. The van der Waals surface area contributed by atoms with Crippen LogP contribution in [0.4, 0.5) is 5.69 Å². The number of benzene rings is 2. The van der Waals surface area contributed by atoms with Crippen LogP contribution < -0.4 is 5.32 Å². The van der Waals surface area contributed by atoms with Crippen molar-refractivity contribution in [2.24, 2.45) is 0 Å². The summed E-state index contributed by atoms with van der Waals surface area (Å²) in [5.74, 6) is 0. The van der Waals surface area contributed by atoms with Crippen molar-refractivity contribution in [3.63, 3.8) is 0 Å².